The van der Waals surface area contributed by atoms with Gasteiger partial charge in [-0.2, -0.15) is 5.26 Å². The van der Waals surface area contributed by atoms with Crippen LogP contribution >= 0.6 is 0 Å². The third kappa shape index (κ3) is 1.81. The number of ketones is 1. The van der Waals surface area contributed by atoms with Crippen molar-refractivity contribution in [3.63, 3.8) is 0 Å². The summed E-state index contributed by atoms with van der Waals surface area (Å²) in [6, 6.07) is 2.53. The van der Waals surface area contributed by atoms with E-state index in [4.69, 9.17) is 0 Å². The van der Waals surface area contributed by atoms with Gasteiger partial charge in [0.1, 0.15) is 5.78 Å². The van der Waals surface area contributed by atoms with E-state index >= 15 is 0 Å². The van der Waals surface area contributed by atoms with E-state index in [1.165, 1.54) is 25.7 Å². The molecule has 4 aliphatic carbocycles. The molecule has 0 aromatic carbocycles. The maximum absolute atomic E-state index is 12.4. The Balaban J connectivity index is 1.62. The van der Waals surface area contributed by atoms with Gasteiger partial charge >= 0.3 is 0 Å². The summed E-state index contributed by atoms with van der Waals surface area (Å²) >= 11 is 0. The number of carbonyl (C=O) groups is 1. The highest BCUT2D eigenvalue weighted by atomic mass is 16.1. The van der Waals surface area contributed by atoms with E-state index in [1.807, 2.05) is 0 Å². The van der Waals surface area contributed by atoms with Gasteiger partial charge in [0.25, 0.3) is 0 Å². The zero-order valence-electron chi connectivity index (χ0n) is 14.1. The van der Waals surface area contributed by atoms with Crippen LogP contribution in [0.1, 0.15) is 71.6 Å². The summed E-state index contributed by atoms with van der Waals surface area (Å²) in [5, 5.41) is 9.30. The Morgan fingerprint density at radius 2 is 1.86 bits per heavy atom. The molecule has 0 spiro atoms. The van der Waals surface area contributed by atoms with Gasteiger partial charge < -0.3 is 0 Å². The average molecular weight is 299 g/mol. The lowest BCUT2D eigenvalue weighted by Crippen LogP contribution is -2.53. The molecule has 4 aliphatic rings. The number of hydrogen-bond donors (Lipinski definition) is 0. The Morgan fingerprint density at radius 1 is 1.05 bits per heavy atom. The molecule has 0 unspecified atom stereocenters. The molecule has 120 valence electrons. The maximum atomic E-state index is 12.4. The van der Waals surface area contributed by atoms with E-state index in [2.05, 4.69) is 19.9 Å². The first-order valence-corrected chi connectivity index (χ1v) is 9.42. The molecule has 0 saturated heterocycles. The van der Waals surface area contributed by atoms with Gasteiger partial charge in [0.05, 0.1) is 6.07 Å². The predicted molar refractivity (Wildman–Crippen MR) is 85.8 cm³/mol. The molecule has 7 atom stereocenters. The topological polar surface area (TPSA) is 40.9 Å². The van der Waals surface area contributed by atoms with E-state index in [0.717, 1.165) is 49.9 Å². The lowest BCUT2D eigenvalue weighted by molar-refractivity contribution is -0.139. The molecule has 0 aromatic rings. The fourth-order valence-electron chi connectivity index (χ4n) is 7.15. The normalized spacial score (nSPS) is 54.0. The highest BCUT2D eigenvalue weighted by molar-refractivity contribution is 5.87. The number of Topliss-reactive ketones (excluding diaryl/α,β-unsaturated/α-hetero) is 1. The van der Waals surface area contributed by atoms with Crippen molar-refractivity contribution >= 4 is 5.78 Å². The van der Waals surface area contributed by atoms with Crippen molar-refractivity contribution in [3.8, 4) is 6.07 Å². The summed E-state index contributed by atoms with van der Waals surface area (Å²) in [6.45, 7) is 4.80. The Kier molecular flexibility index (Phi) is 3.23. The maximum Gasteiger partial charge on any atom is 0.139 e. The first kappa shape index (κ1) is 14.7. The molecule has 0 radical (unpaired) electrons. The Morgan fingerprint density at radius 3 is 2.64 bits per heavy atom. The zero-order valence-corrected chi connectivity index (χ0v) is 14.1. The van der Waals surface area contributed by atoms with Crippen LogP contribution in [0.15, 0.2) is 0 Å². The first-order valence-electron chi connectivity index (χ1n) is 9.42. The Bertz CT molecular complexity index is 534. The number of rotatable bonds is 0. The van der Waals surface area contributed by atoms with Crippen LogP contribution in [0.2, 0.25) is 0 Å². The van der Waals surface area contributed by atoms with Crippen LogP contribution < -0.4 is 0 Å². The lowest BCUT2D eigenvalue weighted by atomic mass is 9.45. The minimum Gasteiger partial charge on any atom is -0.299 e. The van der Waals surface area contributed by atoms with E-state index in [1.54, 1.807) is 0 Å². The molecule has 2 nitrogen and oxygen atoms in total. The standard InChI is InChI=1S/C20H29NO/c1-19-9-7-13(12-21)11-14(19)3-4-15-16-5-6-18(22)20(16,2)10-8-17(15)19/h13-17H,3-11H2,1-2H3/t13-,14+,15-,16-,17-,19-,20-/m0/s1. The van der Waals surface area contributed by atoms with Crippen molar-refractivity contribution in [3.05, 3.63) is 0 Å². The molecule has 4 saturated carbocycles. The second-order valence-electron chi connectivity index (χ2n) is 9.18. The molecule has 0 bridgehead atoms. The summed E-state index contributed by atoms with van der Waals surface area (Å²) in [7, 11) is 0. The molecule has 0 heterocycles. The predicted octanol–water partition coefficient (Wildman–Crippen LogP) is 4.74. The monoisotopic (exact) mass is 299 g/mol. The third-order valence-corrected chi connectivity index (χ3v) is 8.56. The van der Waals surface area contributed by atoms with E-state index in [9.17, 15) is 10.1 Å². The number of carbonyl (C=O) groups excluding carboxylic acids is 1. The molecule has 22 heavy (non-hydrogen) atoms. The summed E-state index contributed by atoms with van der Waals surface area (Å²) in [5.41, 5.74) is 0.456. The molecule has 0 N–H and O–H groups in total. The Labute approximate surface area is 134 Å². The van der Waals surface area contributed by atoms with Gasteiger partial charge in [-0.05, 0) is 80.5 Å². The van der Waals surface area contributed by atoms with Crippen LogP contribution in [0.4, 0.5) is 0 Å². The van der Waals surface area contributed by atoms with E-state index < -0.39 is 0 Å². The van der Waals surface area contributed by atoms with E-state index in [0.29, 0.717) is 23.0 Å². The second-order valence-corrected chi connectivity index (χ2v) is 9.18. The van der Waals surface area contributed by atoms with Crippen molar-refractivity contribution in [2.75, 3.05) is 0 Å². The minimum atomic E-state index is 0.00815. The van der Waals surface area contributed by atoms with Crippen LogP contribution in [0.5, 0.6) is 0 Å². The summed E-state index contributed by atoms with van der Waals surface area (Å²) in [6.07, 6.45) is 10.5. The van der Waals surface area contributed by atoms with Crippen LogP contribution in [-0.4, -0.2) is 5.78 Å². The van der Waals surface area contributed by atoms with Crippen LogP contribution in [0.3, 0.4) is 0 Å². The van der Waals surface area contributed by atoms with Crippen LogP contribution in [0.25, 0.3) is 0 Å². The van der Waals surface area contributed by atoms with Gasteiger partial charge in [0, 0.05) is 17.8 Å². The molecular formula is C20H29NO. The van der Waals surface area contributed by atoms with Crippen LogP contribution in [-0.2, 0) is 4.79 Å². The van der Waals surface area contributed by atoms with Gasteiger partial charge in [-0.25, -0.2) is 0 Å². The quantitative estimate of drug-likeness (QED) is 0.648. The van der Waals surface area contributed by atoms with Gasteiger partial charge in [0.15, 0.2) is 0 Å². The van der Waals surface area contributed by atoms with Gasteiger partial charge in [0.2, 0.25) is 0 Å². The molecular weight excluding hydrogens is 270 g/mol. The summed E-state index contributed by atoms with van der Waals surface area (Å²) in [5.74, 6) is 3.87. The summed E-state index contributed by atoms with van der Waals surface area (Å²) < 4.78 is 0. The Hall–Kier alpha value is -0.840. The van der Waals surface area contributed by atoms with Crippen molar-refractivity contribution < 1.29 is 4.79 Å². The van der Waals surface area contributed by atoms with E-state index in [-0.39, 0.29) is 5.41 Å². The fraction of sp³-hybridized carbons (Fsp3) is 0.900. The van der Waals surface area contributed by atoms with Gasteiger partial charge in [-0.3, -0.25) is 4.79 Å². The highest BCUT2D eigenvalue weighted by Gasteiger charge is 2.60. The highest BCUT2D eigenvalue weighted by Crippen LogP contribution is 2.65. The smallest absolute Gasteiger partial charge is 0.139 e. The number of nitrogens with zero attached hydrogens (tertiary/aromatic N) is 1. The van der Waals surface area contributed by atoms with Crippen molar-refractivity contribution in [1.82, 2.24) is 0 Å². The van der Waals surface area contributed by atoms with Crippen molar-refractivity contribution in [2.45, 2.75) is 71.6 Å². The molecule has 0 amide bonds. The van der Waals surface area contributed by atoms with Crippen LogP contribution in [0, 0.1) is 51.8 Å². The number of fused-ring (bicyclic) bond motifs is 5. The van der Waals surface area contributed by atoms with Gasteiger partial charge in [-0.15, -0.1) is 0 Å². The molecule has 0 aliphatic heterocycles. The third-order valence-electron chi connectivity index (χ3n) is 8.56. The molecule has 4 fully saturated rings. The number of hydrogen-bond acceptors (Lipinski definition) is 2. The molecule has 0 aromatic heterocycles. The largest absolute Gasteiger partial charge is 0.299 e. The fourth-order valence-corrected chi connectivity index (χ4v) is 7.15. The lowest BCUT2D eigenvalue weighted by Gasteiger charge is -2.60. The van der Waals surface area contributed by atoms with Crippen molar-refractivity contribution in [2.24, 2.45) is 40.4 Å². The van der Waals surface area contributed by atoms with Crippen molar-refractivity contribution in [1.29, 1.82) is 5.26 Å². The molecule has 4 rings (SSSR count). The zero-order chi connectivity index (χ0) is 15.5. The molecule has 2 heteroatoms. The first-order chi connectivity index (χ1) is 10.5. The summed E-state index contributed by atoms with van der Waals surface area (Å²) in [4.78, 5) is 12.4. The average Bonchev–Trinajstić information content (AvgIpc) is 2.82. The second kappa shape index (κ2) is 4.83. The minimum absolute atomic E-state index is 0.00815. The SMILES string of the molecule is C[C@]12CC[C@H](C#N)C[C@H]1CC[C@@H]1[C@@H]2CC[C@]2(C)C(=O)CC[C@@H]12. The number of nitriles is 1. The van der Waals surface area contributed by atoms with Gasteiger partial charge in [-0.1, -0.05) is 13.8 Å².